The summed E-state index contributed by atoms with van der Waals surface area (Å²) in [6.45, 7) is 7.31. The molecule has 1 saturated heterocycles. The molecular weight excluding hydrogens is 366 g/mol. The minimum atomic E-state index is -0.532. The van der Waals surface area contributed by atoms with E-state index in [0.29, 0.717) is 12.3 Å². The van der Waals surface area contributed by atoms with Crippen LogP contribution in [0.1, 0.15) is 12.5 Å². The summed E-state index contributed by atoms with van der Waals surface area (Å²) in [6.07, 6.45) is -0.532. The lowest BCUT2D eigenvalue weighted by atomic mass is 10.2. The molecule has 29 heavy (non-hydrogen) atoms. The summed E-state index contributed by atoms with van der Waals surface area (Å²) in [4.78, 5) is 17.7. The SMILES string of the molecule is CC(=O)N(C)c1ccc(OCC(O)CN2CCN(Cc3ccccc3)CC2)cc1. The fraction of sp³-hybridized carbons (Fsp3) is 0.435. The highest BCUT2D eigenvalue weighted by Gasteiger charge is 2.19. The van der Waals surface area contributed by atoms with Crippen molar-refractivity contribution in [2.75, 3.05) is 51.3 Å². The van der Waals surface area contributed by atoms with Crippen LogP contribution in [0.5, 0.6) is 5.75 Å². The largest absolute Gasteiger partial charge is 0.491 e. The van der Waals surface area contributed by atoms with Gasteiger partial charge in [0.05, 0.1) is 0 Å². The molecule has 1 atom stereocenters. The molecule has 6 nitrogen and oxygen atoms in total. The number of carbonyl (C=O) groups is 1. The Bertz CT molecular complexity index is 759. The van der Waals surface area contributed by atoms with Gasteiger partial charge in [0, 0.05) is 58.9 Å². The predicted octanol–water partition coefficient (Wildman–Crippen LogP) is 2.23. The normalized spacial score (nSPS) is 16.4. The third-order valence-corrected chi connectivity index (χ3v) is 5.32. The fourth-order valence-electron chi connectivity index (χ4n) is 3.46. The number of piperazine rings is 1. The van der Waals surface area contributed by atoms with Crippen LogP contribution in [-0.4, -0.2) is 73.3 Å². The first-order chi connectivity index (χ1) is 14.0. The number of carbonyl (C=O) groups excluding carboxylic acids is 1. The maximum absolute atomic E-state index is 11.4. The Morgan fingerprint density at radius 3 is 2.28 bits per heavy atom. The summed E-state index contributed by atoms with van der Waals surface area (Å²) in [5, 5.41) is 10.3. The quantitative estimate of drug-likeness (QED) is 0.740. The summed E-state index contributed by atoms with van der Waals surface area (Å²) in [7, 11) is 1.74. The second-order valence-corrected chi connectivity index (χ2v) is 7.60. The number of hydrogen-bond donors (Lipinski definition) is 1. The third-order valence-electron chi connectivity index (χ3n) is 5.32. The van der Waals surface area contributed by atoms with E-state index in [1.807, 2.05) is 30.3 Å². The number of aliphatic hydroxyl groups excluding tert-OH is 1. The second kappa shape index (κ2) is 10.4. The van der Waals surface area contributed by atoms with Gasteiger partial charge in [-0.15, -0.1) is 0 Å². The van der Waals surface area contributed by atoms with Gasteiger partial charge in [-0.1, -0.05) is 30.3 Å². The number of ether oxygens (including phenoxy) is 1. The average molecular weight is 398 g/mol. The van der Waals surface area contributed by atoms with E-state index in [1.54, 1.807) is 11.9 Å². The molecular formula is C23H31N3O3. The first-order valence-corrected chi connectivity index (χ1v) is 10.1. The number of hydrogen-bond acceptors (Lipinski definition) is 5. The molecule has 0 aliphatic carbocycles. The van der Waals surface area contributed by atoms with Crippen LogP contribution in [0.25, 0.3) is 0 Å². The molecule has 0 spiro atoms. The summed E-state index contributed by atoms with van der Waals surface area (Å²) >= 11 is 0. The van der Waals surface area contributed by atoms with Gasteiger partial charge in [0.2, 0.25) is 5.91 Å². The molecule has 3 rings (SSSR count). The van der Waals surface area contributed by atoms with Gasteiger partial charge in [-0.3, -0.25) is 14.6 Å². The van der Waals surface area contributed by atoms with Crippen molar-refractivity contribution in [1.29, 1.82) is 0 Å². The van der Waals surface area contributed by atoms with E-state index in [1.165, 1.54) is 12.5 Å². The lowest BCUT2D eigenvalue weighted by Gasteiger charge is -2.35. The smallest absolute Gasteiger partial charge is 0.223 e. The molecule has 0 aromatic heterocycles. The minimum absolute atomic E-state index is 0.0158. The molecule has 1 unspecified atom stereocenters. The predicted molar refractivity (Wildman–Crippen MR) is 115 cm³/mol. The molecule has 1 aliphatic heterocycles. The number of nitrogens with zero attached hydrogens (tertiary/aromatic N) is 3. The first-order valence-electron chi connectivity index (χ1n) is 10.1. The molecule has 1 heterocycles. The highest BCUT2D eigenvalue weighted by atomic mass is 16.5. The zero-order valence-electron chi connectivity index (χ0n) is 17.3. The van der Waals surface area contributed by atoms with Crippen LogP contribution in [0.3, 0.4) is 0 Å². The van der Waals surface area contributed by atoms with E-state index in [4.69, 9.17) is 4.74 Å². The first kappa shape index (κ1) is 21.3. The Labute approximate surface area is 173 Å². The zero-order valence-corrected chi connectivity index (χ0v) is 17.3. The van der Waals surface area contributed by atoms with Crippen LogP contribution in [0, 0.1) is 0 Å². The molecule has 1 amide bonds. The van der Waals surface area contributed by atoms with E-state index in [0.717, 1.165) is 38.4 Å². The van der Waals surface area contributed by atoms with E-state index in [2.05, 4.69) is 34.1 Å². The van der Waals surface area contributed by atoms with Gasteiger partial charge < -0.3 is 14.7 Å². The molecule has 0 saturated carbocycles. The molecule has 156 valence electrons. The van der Waals surface area contributed by atoms with Crippen molar-refractivity contribution in [2.24, 2.45) is 0 Å². The zero-order chi connectivity index (χ0) is 20.6. The van der Waals surface area contributed by atoms with Crippen LogP contribution >= 0.6 is 0 Å². The molecule has 1 N–H and O–H groups in total. The Balaban J connectivity index is 1.37. The van der Waals surface area contributed by atoms with Gasteiger partial charge in [-0.25, -0.2) is 0 Å². The van der Waals surface area contributed by atoms with Crippen LogP contribution in [-0.2, 0) is 11.3 Å². The lowest BCUT2D eigenvalue weighted by Crippen LogP contribution is -2.48. The van der Waals surface area contributed by atoms with Crippen molar-refractivity contribution >= 4 is 11.6 Å². The van der Waals surface area contributed by atoms with Crippen molar-refractivity contribution < 1.29 is 14.6 Å². The van der Waals surface area contributed by atoms with Crippen LogP contribution < -0.4 is 9.64 Å². The van der Waals surface area contributed by atoms with Gasteiger partial charge in [0.25, 0.3) is 0 Å². The van der Waals surface area contributed by atoms with Gasteiger partial charge in [0.15, 0.2) is 0 Å². The van der Waals surface area contributed by atoms with Gasteiger partial charge in [-0.2, -0.15) is 0 Å². The number of benzene rings is 2. The van der Waals surface area contributed by atoms with Crippen molar-refractivity contribution in [2.45, 2.75) is 19.6 Å². The Morgan fingerprint density at radius 2 is 1.66 bits per heavy atom. The van der Waals surface area contributed by atoms with Crippen molar-refractivity contribution in [3.05, 3.63) is 60.2 Å². The van der Waals surface area contributed by atoms with Crippen LogP contribution in [0.15, 0.2) is 54.6 Å². The molecule has 1 aliphatic rings. The average Bonchev–Trinajstić information content (AvgIpc) is 2.74. The van der Waals surface area contributed by atoms with Crippen molar-refractivity contribution in [1.82, 2.24) is 9.80 Å². The van der Waals surface area contributed by atoms with E-state index >= 15 is 0 Å². The number of amides is 1. The second-order valence-electron chi connectivity index (χ2n) is 7.60. The summed E-state index contributed by atoms with van der Waals surface area (Å²) in [5.74, 6) is 0.676. The molecule has 0 bridgehead atoms. The maximum Gasteiger partial charge on any atom is 0.223 e. The molecule has 0 radical (unpaired) electrons. The fourth-order valence-corrected chi connectivity index (χ4v) is 3.46. The van der Waals surface area contributed by atoms with Gasteiger partial charge in [-0.05, 0) is 29.8 Å². The summed E-state index contributed by atoms with van der Waals surface area (Å²) in [5.41, 5.74) is 2.16. The summed E-state index contributed by atoms with van der Waals surface area (Å²) in [6, 6.07) is 17.9. The molecule has 2 aromatic rings. The van der Waals surface area contributed by atoms with Crippen molar-refractivity contribution in [3.8, 4) is 5.75 Å². The monoisotopic (exact) mass is 397 g/mol. The number of rotatable bonds is 8. The van der Waals surface area contributed by atoms with E-state index < -0.39 is 6.10 Å². The van der Waals surface area contributed by atoms with Crippen molar-refractivity contribution in [3.63, 3.8) is 0 Å². The van der Waals surface area contributed by atoms with Crippen LogP contribution in [0.4, 0.5) is 5.69 Å². The molecule has 1 fully saturated rings. The van der Waals surface area contributed by atoms with Gasteiger partial charge >= 0.3 is 0 Å². The van der Waals surface area contributed by atoms with E-state index in [9.17, 15) is 9.90 Å². The third kappa shape index (κ3) is 6.56. The maximum atomic E-state index is 11.4. The molecule has 6 heteroatoms. The topological polar surface area (TPSA) is 56.3 Å². The number of aliphatic hydroxyl groups is 1. The van der Waals surface area contributed by atoms with E-state index in [-0.39, 0.29) is 12.5 Å². The Morgan fingerprint density at radius 1 is 1.03 bits per heavy atom. The highest BCUT2D eigenvalue weighted by molar-refractivity contribution is 5.90. The highest BCUT2D eigenvalue weighted by Crippen LogP contribution is 2.19. The lowest BCUT2D eigenvalue weighted by molar-refractivity contribution is -0.116. The number of β-amino-alcohol motifs (C(OH)–C–C–N with tert-alkyl or cyclic N) is 1. The standard InChI is InChI=1S/C23H31N3O3/c1-19(27)24(2)21-8-10-23(11-9-21)29-18-22(28)17-26-14-12-25(13-15-26)16-20-6-4-3-5-7-20/h3-11,22,28H,12-18H2,1-2H3. The number of anilines is 1. The Hall–Kier alpha value is -2.41. The molecule has 2 aromatic carbocycles. The Kier molecular flexibility index (Phi) is 7.63. The minimum Gasteiger partial charge on any atom is -0.491 e. The van der Waals surface area contributed by atoms with Gasteiger partial charge in [0.1, 0.15) is 18.5 Å². The van der Waals surface area contributed by atoms with Crippen LogP contribution in [0.2, 0.25) is 0 Å². The summed E-state index contributed by atoms with van der Waals surface area (Å²) < 4.78 is 5.71.